The molecule has 0 saturated heterocycles. The van der Waals surface area contributed by atoms with Crippen LogP contribution in [0.4, 0.5) is 8.78 Å². The predicted octanol–water partition coefficient (Wildman–Crippen LogP) is 2.61. The van der Waals surface area contributed by atoms with E-state index < -0.39 is 6.43 Å². The van der Waals surface area contributed by atoms with E-state index in [1.54, 1.807) is 24.1 Å². The Morgan fingerprint density at radius 3 is 2.89 bits per heavy atom. The van der Waals surface area contributed by atoms with Gasteiger partial charge in [-0.25, -0.2) is 8.78 Å². The van der Waals surface area contributed by atoms with E-state index in [-0.39, 0.29) is 12.3 Å². The Kier molecular flexibility index (Phi) is 3.81. The number of fused-ring (bicyclic) bond motifs is 1. The van der Waals surface area contributed by atoms with Gasteiger partial charge in [-0.3, -0.25) is 0 Å². The number of alkyl halides is 2. The number of aromatic hydroxyl groups is 1. The van der Waals surface area contributed by atoms with Crippen molar-refractivity contribution in [3.63, 3.8) is 0 Å². The van der Waals surface area contributed by atoms with Gasteiger partial charge in [0.2, 0.25) is 0 Å². The molecule has 2 aromatic rings. The van der Waals surface area contributed by atoms with Crippen molar-refractivity contribution in [2.45, 2.75) is 12.8 Å². The zero-order chi connectivity index (χ0) is 13.1. The number of H-pyrrole nitrogens is 1. The van der Waals surface area contributed by atoms with Crippen molar-refractivity contribution in [1.29, 1.82) is 0 Å². The summed E-state index contributed by atoms with van der Waals surface area (Å²) in [5, 5.41) is 10.6. The molecule has 0 aliphatic carbocycles. The van der Waals surface area contributed by atoms with Crippen LogP contribution in [0.15, 0.2) is 24.4 Å². The Bertz CT molecular complexity index is 525. The zero-order valence-electron chi connectivity index (χ0n) is 10.2. The monoisotopic (exact) mass is 254 g/mol. The Morgan fingerprint density at radius 1 is 1.39 bits per heavy atom. The van der Waals surface area contributed by atoms with Crippen LogP contribution < -0.4 is 0 Å². The molecule has 0 saturated carbocycles. The number of hydrogen-bond acceptors (Lipinski definition) is 2. The maximum Gasteiger partial charge on any atom is 0.251 e. The third-order valence-electron chi connectivity index (χ3n) is 2.98. The number of halogens is 2. The van der Waals surface area contributed by atoms with E-state index in [1.807, 2.05) is 12.3 Å². The maximum absolute atomic E-state index is 12.2. The van der Waals surface area contributed by atoms with Gasteiger partial charge in [-0.1, -0.05) is 6.07 Å². The minimum Gasteiger partial charge on any atom is -0.507 e. The first-order chi connectivity index (χ1) is 8.58. The number of nitrogens with one attached hydrogen (secondary N) is 1. The number of phenolic OH excluding ortho intramolecular Hbond substituents is 1. The number of hydrogen-bond donors (Lipinski definition) is 2. The molecule has 0 aliphatic rings. The summed E-state index contributed by atoms with van der Waals surface area (Å²) in [4.78, 5) is 4.65. The molecule has 2 rings (SSSR count). The molecule has 0 spiro atoms. The molecular formula is C13H16F2N2O. The molecular weight excluding hydrogens is 238 g/mol. The van der Waals surface area contributed by atoms with Crippen molar-refractivity contribution < 1.29 is 13.9 Å². The number of rotatable bonds is 5. The minimum atomic E-state index is -2.31. The first-order valence-corrected chi connectivity index (χ1v) is 5.82. The highest BCUT2D eigenvalue weighted by atomic mass is 19.3. The SMILES string of the molecule is CN(CCc1c[nH]c2cccc(O)c12)CC(F)F. The van der Waals surface area contributed by atoms with Gasteiger partial charge in [0, 0.05) is 23.6 Å². The molecule has 0 aliphatic heterocycles. The lowest BCUT2D eigenvalue weighted by molar-refractivity contribution is 0.101. The van der Waals surface area contributed by atoms with Crippen molar-refractivity contribution >= 4 is 10.9 Å². The van der Waals surface area contributed by atoms with Gasteiger partial charge in [0.05, 0.1) is 6.54 Å². The van der Waals surface area contributed by atoms with Crippen LogP contribution in [0, 0.1) is 0 Å². The summed E-state index contributed by atoms with van der Waals surface area (Å²) in [7, 11) is 1.67. The van der Waals surface area contributed by atoms with E-state index in [2.05, 4.69) is 4.98 Å². The summed E-state index contributed by atoms with van der Waals surface area (Å²) in [5.74, 6) is 0.222. The summed E-state index contributed by atoms with van der Waals surface area (Å²) in [5.41, 5.74) is 1.81. The Balaban J connectivity index is 2.08. The van der Waals surface area contributed by atoms with Crippen LogP contribution in [0.1, 0.15) is 5.56 Å². The van der Waals surface area contributed by atoms with E-state index in [0.717, 1.165) is 16.5 Å². The van der Waals surface area contributed by atoms with Crippen molar-refractivity contribution in [3.8, 4) is 5.75 Å². The van der Waals surface area contributed by atoms with Crippen LogP contribution in [0.2, 0.25) is 0 Å². The number of aromatic nitrogens is 1. The molecule has 0 fully saturated rings. The van der Waals surface area contributed by atoms with Gasteiger partial charge < -0.3 is 15.0 Å². The Hall–Kier alpha value is -1.62. The second kappa shape index (κ2) is 5.35. The van der Waals surface area contributed by atoms with Gasteiger partial charge in [0.25, 0.3) is 6.43 Å². The Morgan fingerprint density at radius 2 is 2.17 bits per heavy atom. The number of nitrogens with zero attached hydrogens (tertiary/aromatic N) is 1. The molecule has 1 aromatic carbocycles. The van der Waals surface area contributed by atoms with Gasteiger partial charge in [0.1, 0.15) is 5.75 Å². The van der Waals surface area contributed by atoms with E-state index in [9.17, 15) is 13.9 Å². The van der Waals surface area contributed by atoms with Crippen LogP contribution in [0.5, 0.6) is 5.75 Å². The molecule has 1 aromatic heterocycles. The summed E-state index contributed by atoms with van der Waals surface area (Å²) >= 11 is 0. The van der Waals surface area contributed by atoms with Gasteiger partial charge in [-0.15, -0.1) is 0 Å². The van der Waals surface area contributed by atoms with Crippen molar-refractivity contribution in [2.24, 2.45) is 0 Å². The topological polar surface area (TPSA) is 39.3 Å². The van der Waals surface area contributed by atoms with Gasteiger partial charge in [-0.2, -0.15) is 0 Å². The first-order valence-electron chi connectivity index (χ1n) is 5.82. The average molecular weight is 254 g/mol. The number of aromatic amines is 1. The molecule has 98 valence electrons. The summed E-state index contributed by atoms with van der Waals surface area (Å²) < 4.78 is 24.4. The molecule has 0 atom stereocenters. The standard InChI is InChI=1S/C13H16F2N2O/c1-17(8-12(14)15)6-5-9-7-16-10-3-2-4-11(18)13(9)10/h2-4,7,12,16,18H,5-6,8H2,1H3. The molecule has 0 radical (unpaired) electrons. The summed E-state index contributed by atoms with van der Waals surface area (Å²) in [6, 6.07) is 5.27. The van der Waals surface area contributed by atoms with E-state index >= 15 is 0 Å². The normalized spacial score (nSPS) is 11.8. The fraction of sp³-hybridized carbons (Fsp3) is 0.385. The third-order valence-corrected chi connectivity index (χ3v) is 2.98. The van der Waals surface area contributed by atoms with Crippen LogP contribution in [-0.2, 0) is 6.42 Å². The zero-order valence-corrected chi connectivity index (χ0v) is 10.2. The summed E-state index contributed by atoms with van der Waals surface area (Å²) in [6.07, 6.45) is 0.132. The van der Waals surface area contributed by atoms with E-state index in [0.29, 0.717) is 13.0 Å². The van der Waals surface area contributed by atoms with E-state index in [1.165, 1.54) is 0 Å². The summed E-state index contributed by atoms with van der Waals surface area (Å²) in [6.45, 7) is 0.306. The van der Waals surface area contributed by atoms with Gasteiger partial charge >= 0.3 is 0 Å². The molecule has 5 heteroatoms. The second-order valence-electron chi connectivity index (χ2n) is 4.42. The highest BCUT2D eigenvalue weighted by molar-refractivity contribution is 5.88. The molecule has 1 heterocycles. The van der Waals surface area contributed by atoms with Crippen LogP contribution in [-0.4, -0.2) is 41.6 Å². The third kappa shape index (κ3) is 2.79. The quantitative estimate of drug-likeness (QED) is 0.861. The van der Waals surface area contributed by atoms with Crippen LogP contribution in [0.3, 0.4) is 0 Å². The number of likely N-dealkylation sites (N-methyl/N-ethyl adjacent to an activating group) is 1. The highest BCUT2D eigenvalue weighted by Gasteiger charge is 2.11. The van der Waals surface area contributed by atoms with E-state index in [4.69, 9.17) is 0 Å². The fourth-order valence-corrected chi connectivity index (χ4v) is 2.07. The maximum atomic E-state index is 12.2. The molecule has 0 amide bonds. The Labute approximate surface area is 104 Å². The first kappa shape index (κ1) is 12.8. The largest absolute Gasteiger partial charge is 0.507 e. The van der Waals surface area contributed by atoms with Gasteiger partial charge in [-0.05, 0) is 31.2 Å². The smallest absolute Gasteiger partial charge is 0.251 e. The van der Waals surface area contributed by atoms with Crippen molar-refractivity contribution in [2.75, 3.05) is 20.1 Å². The average Bonchev–Trinajstić information content (AvgIpc) is 2.70. The second-order valence-corrected chi connectivity index (χ2v) is 4.42. The molecule has 3 nitrogen and oxygen atoms in total. The lowest BCUT2D eigenvalue weighted by Gasteiger charge is -2.15. The van der Waals surface area contributed by atoms with Crippen LogP contribution in [0.25, 0.3) is 10.9 Å². The lowest BCUT2D eigenvalue weighted by Crippen LogP contribution is -2.26. The molecule has 0 bridgehead atoms. The van der Waals surface area contributed by atoms with Gasteiger partial charge in [0.15, 0.2) is 0 Å². The lowest BCUT2D eigenvalue weighted by atomic mass is 10.1. The molecule has 0 unspecified atom stereocenters. The number of phenols is 1. The number of benzene rings is 1. The van der Waals surface area contributed by atoms with Crippen molar-refractivity contribution in [1.82, 2.24) is 9.88 Å². The van der Waals surface area contributed by atoms with Crippen LogP contribution >= 0.6 is 0 Å². The molecule has 18 heavy (non-hydrogen) atoms. The minimum absolute atomic E-state index is 0.222. The highest BCUT2D eigenvalue weighted by Crippen LogP contribution is 2.27. The fourth-order valence-electron chi connectivity index (χ4n) is 2.07. The van der Waals surface area contributed by atoms with Crippen molar-refractivity contribution in [3.05, 3.63) is 30.0 Å². The predicted molar refractivity (Wildman–Crippen MR) is 67.2 cm³/mol. The molecule has 2 N–H and O–H groups in total.